The number of carbonyl (C=O) groups is 1. The summed E-state index contributed by atoms with van der Waals surface area (Å²) < 4.78 is 45.5. The van der Waals surface area contributed by atoms with Gasteiger partial charge < -0.3 is 5.11 Å². The van der Waals surface area contributed by atoms with Crippen molar-refractivity contribution in [1.29, 1.82) is 0 Å². The van der Waals surface area contributed by atoms with Gasteiger partial charge in [-0.1, -0.05) is 6.07 Å². The molecule has 1 aromatic rings. The first-order chi connectivity index (χ1) is 7.55. The lowest BCUT2D eigenvalue weighted by Gasteiger charge is -2.08. The van der Waals surface area contributed by atoms with Crippen LogP contribution in [-0.2, 0) is 19.7 Å². The average molecular weight is 278 g/mol. The van der Waals surface area contributed by atoms with E-state index in [1.54, 1.807) is 0 Å². The number of rotatable bonds is 3. The molecular weight excluding hydrogens is 268 g/mol. The summed E-state index contributed by atoms with van der Waals surface area (Å²) in [5.41, 5.74) is -0.711. The van der Waals surface area contributed by atoms with Crippen molar-refractivity contribution in [3.63, 3.8) is 0 Å². The standard InChI is InChI=1S/C9H10O6S2/c1-16(12,13)6-4-3-5-7(17(2,14)15)8(6)9(10)11/h3-5H,1-2H3,(H,10,11). The molecule has 0 aliphatic rings. The molecule has 0 aliphatic carbocycles. The van der Waals surface area contributed by atoms with Gasteiger partial charge in [-0.2, -0.15) is 0 Å². The van der Waals surface area contributed by atoms with Crippen molar-refractivity contribution in [2.75, 3.05) is 12.5 Å². The van der Waals surface area contributed by atoms with Gasteiger partial charge >= 0.3 is 5.97 Å². The molecule has 0 spiro atoms. The first-order valence-electron chi connectivity index (χ1n) is 4.31. The monoisotopic (exact) mass is 278 g/mol. The maximum Gasteiger partial charge on any atom is 0.338 e. The van der Waals surface area contributed by atoms with Crippen molar-refractivity contribution in [3.8, 4) is 0 Å². The third-order valence-corrected chi connectivity index (χ3v) is 4.28. The molecule has 6 nitrogen and oxygen atoms in total. The molecule has 0 bridgehead atoms. The zero-order valence-corrected chi connectivity index (χ0v) is 10.7. The summed E-state index contributed by atoms with van der Waals surface area (Å²) in [6, 6.07) is 3.32. The lowest BCUT2D eigenvalue weighted by molar-refractivity contribution is 0.0688. The topological polar surface area (TPSA) is 106 Å². The fourth-order valence-electron chi connectivity index (χ4n) is 1.34. The van der Waals surface area contributed by atoms with Crippen LogP contribution in [0.15, 0.2) is 28.0 Å². The quantitative estimate of drug-likeness (QED) is 0.846. The zero-order valence-electron chi connectivity index (χ0n) is 9.04. The predicted molar refractivity (Wildman–Crippen MR) is 59.6 cm³/mol. The molecule has 8 heteroatoms. The average Bonchev–Trinajstić information content (AvgIpc) is 2.13. The molecule has 0 aromatic heterocycles. The van der Waals surface area contributed by atoms with Crippen LogP contribution in [0.1, 0.15) is 10.4 Å². The Bertz CT molecular complexity index is 619. The highest BCUT2D eigenvalue weighted by atomic mass is 32.2. The number of hydrogen-bond donors (Lipinski definition) is 1. The highest BCUT2D eigenvalue weighted by Crippen LogP contribution is 2.23. The van der Waals surface area contributed by atoms with E-state index in [9.17, 15) is 21.6 Å². The normalized spacial score (nSPS) is 12.4. The van der Waals surface area contributed by atoms with Crippen molar-refractivity contribution < 1.29 is 26.7 Å². The van der Waals surface area contributed by atoms with Gasteiger partial charge in [0.2, 0.25) is 0 Å². The second-order valence-electron chi connectivity index (χ2n) is 3.48. The summed E-state index contributed by atoms with van der Waals surface area (Å²) in [6.45, 7) is 0. The molecule has 1 N–H and O–H groups in total. The van der Waals surface area contributed by atoms with Crippen molar-refractivity contribution in [3.05, 3.63) is 23.8 Å². The molecule has 0 heterocycles. The molecule has 0 saturated carbocycles. The highest BCUT2D eigenvalue weighted by molar-refractivity contribution is 7.91. The van der Waals surface area contributed by atoms with Crippen molar-refractivity contribution >= 4 is 25.6 Å². The van der Waals surface area contributed by atoms with Gasteiger partial charge in [0.25, 0.3) is 0 Å². The Kier molecular flexibility index (Phi) is 3.30. The van der Waals surface area contributed by atoms with Gasteiger partial charge in [-0.05, 0) is 12.1 Å². The van der Waals surface area contributed by atoms with E-state index in [0.717, 1.165) is 24.6 Å². The Morgan fingerprint density at radius 2 is 1.35 bits per heavy atom. The van der Waals surface area contributed by atoms with Crippen LogP contribution in [0.3, 0.4) is 0 Å². The van der Waals surface area contributed by atoms with Crippen LogP contribution in [0.25, 0.3) is 0 Å². The van der Waals surface area contributed by atoms with E-state index in [1.165, 1.54) is 6.07 Å². The minimum Gasteiger partial charge on any atom is -0.478 e. The minimum absolute atomic E-state index is 0.507. The summed E-state index contributed by atoms with van der Waals surface area (Å²) in [5.74, 6) is -1.59. The zero-order chi connectivity index (χ0) is 13.4. The van der Waals surface area contributed by atoms with E-state index >= 15 is 0 Å². The molecule has 1 rings (SSSR count). The van der Waals surface area contributed by atoms with Crippen LogP contribution in [0, 0.1) is 0 Å². The molecule has 94 valence electrons. The van der Waals surface area contributed by atoms with Gasteiger partial charge in [-0.25, -0.2) is 21.6 Å². The molecule has 0 aliphatic heterocycles. The van der Waals surface area contributed by atoms with Crippen LogP contribution in [-0.4, -0.2) is 40.4 Å². The smallest absolute Gasteiger partial charge is 0.338 e. The maximum atomic E-state index is 11.4. The number of sulfone groups is 2. The fraction of sp³-hybridized carbons (Fsp3) is 0.222. The molecule has 1 aromatic carbocycles. The maximum absolute atomic E-state index is 11.4. The molecule has 17 heavy (non-hydrogen) atoms. The highest BCUT2D eigenvalue weighted by Gasteiger charge is 2.26. The Balaban J connectivity index is 3.86. The van der Waals surface area contributed by atoms with Gasteiger partial charge in [-0.3, -0.25) is 0 Å². The molecule has 0 radical (unpaired) electrons. The fourth-order valence-corrected chi connectivity index (χ4v) is 3.19. The van der Waals surface area contributed by atoms with Gasteiger partial charge in [0.1, 0.15) is 0 Å². The van der Waals surface area contributed by atoms with E-state index in [0.29, 0.717) is 0 Å². The summed E-state index contributed by atoms with van der Waals surface area (Å²) in [5, 5.41) is 8.94. The second kappa shape index (κ2) is 4.11. The Morgan fingerprint density at radius 1 is 1.00 bits per heavy atom. The number of benzene rings is 1. The van der Waals surface area contributed by atoms with E-state index in [-0.39, 0.29) is 0 Å². The van der Waals surface area contributed by atoms with Gasteiger partial charge in [0.05, 0.1) is 15.4 Å². The first kappa shape index (κ1) is 13.7. The molecule has 0 amide bonds. The van der Waals surface area contributed by atoms with Crippen molar-refractivity contribution in [2.45, 2.75) is 9.79 Å². The Labute approximate surface area is 98.7 Å². The van der Waals surface area contributed by atoms with E-state index in [2.05, 4.69) is 0 Å². The van der Waals surface area contributed by atoms with Crippen molar-refractivity contribution in [1.82, 2.24) is 0 Å². The summed E-state index contributed by atoms with van der Waals surface area (Å²) in [4.78, 5) is 9.99. The third-order valence-electron chi connectivity index (χ3n) is 2.00. The number of carboxylic acid groups (broad SMARTS) is 1. The predicted octanol–water partition coefficient (Wildman–Crippen LogP) is 0.192. The lowest BCUT2D eigenvalue weighted by atomic mass is 10.2. The Hall–Kier alpha value is -1.41. The first-order valence-corrected chi connectivity index (χ1v) is 8.10. The van der Waals surface area contributed by atoms with Crippen LogP contribution in [0.4, 0.5) is 0 Å². The number of hydrogen-bond acceptors (Lipinski definition) is 5. The third kappa shape index (κ3) is 2.83. The largest absolute Gasteiger partial charge is 0.478 e. The Morgan fingerprint density at radius 3 is 1.59 bits per heavy atom. The van der Waals surface area contributed by atoms with Crippen LogP contribution in [0.2, 0.25) is 0 Å². The minimum atomic E-state index is -3.81. The molecule has 0 unspecified atom stereocenters. The second-order valence-corrected chi connectivity index (χ2v) is 7.45. The van der Waals surface area contributed by atoms with Crippen molar-refractivity contribution in [2.24, 2.45) is 0 Å². The van der Waals surface area contributed by atoms with Gasteiger partial charge in [0, 0.05) is 12.5 Å². The lowest BCUT2D eigenvalue weighted by Crippen LogP contribution is -2.13. The van der Waals surface area contributed by atoms with Gasteiger partial charge in [0.15, 0.2) is 19.7 Å². The van der Waals surface area contributed by atoms with Gasteiger partial charge in [-0.15, -0.1) is 0 Å². The van der Waals surface area contributed by atoms with E-state index in [4.69, 9.17) is 5.11 Å². The summed E-state index contributed by atoms with van der Waals surface area (Å²) >= 11 is 0. The van der Waals surface area contributed by atoms with Crippen LogP contribution < -0.4 is 0 Å². The molecule has 0 saturated heterocycles. The van der Waals surface area contributed by atoms with Crippen LogP contribution in [0.5, 0.6) is 0 Å². The van der Waals surface area contributed by atoms with E-state index in [1.807, 2.05) is 0 Å². The molecular formula is C9H10O6S2. The molecule has 0 fully saturated rings. The molecule has 0 atom stereocenters. The summed E-state index contributed by atoms with van der Waals surface area (Å²) in [7, 11) is -7.61. The summed E-state index contributed by atoms with van der Waals surface area (Å²) in [6.07, 6.45) is 1.64. The number of aromatic carboxylic acids is 1. The van der Waals surface area contributed by atoms with E-state index < -0.39 is 41.0 Å². The van der Waals surface area contributed by atoms with Crippen LogP contribution >= 0.6 is 0 Å². The SMILES string of the molecule is CS(=O)(=O)c1cccc(S(C)(=O)=O)c1C(=O)O. The number of carboxylic acids is 1.